The van der Waals surface area contributed by atoms with E-state index in [0.717, 1.165) is 0 Å². The predicted octanol–water partition coefficient (Wildman–Crippen LogP) is 4.62. The Morgan fingerprint density at radius 2 is 1.67 bits per heavy atom. The molecule has 24 heavy (non-hydrogen) atoms. The zero-order chi connectivity index (χ0) is 17.3. The van der Waals surface area contributed by atoms with Gasteiger partial charge in [0.15, 0.2) is 5.78 Å². The summed E-state index contributed by atoms with van der Waals surface area (Å²) in [5, 5.41) is 0.692. The molecule has 4 nitrogen and oxygen atoms in total. The van der Waals surface area contributed by atoms with Crippen LogP contribution in [0.5, 0.6) is 0 Å². The molecular weight excluding hydrogens is 304 g/mol. The molecule has 1 aromatic heterocycles. The van der Waals surface area contributed by atoms with E-state index in [1.165, 1.54) is 0 Å². The van der Waals surface area contributed by atoms with Crippen LogP contribution in [0.1, 0.15) is 47.2 Å². The van der Waals surface area contributed by atoms with Crippen LogP contribution in [0.15, 0.2) is 59.0 Å². The van der Waals surface area contributed by atoms with Gasteiger partial charge in [-0.25, -0.2) is 4.79 Å². The van der Waals surface area contributed by atoms with Crippen LogP contribution < -0.4 is 0 Å². The highest BCUT2D eigenvalue weighted by molar-refractivity contribution is 6.15. The highest BCUT2D eigenvalue weighted by atomic mass is 16.6. The molecule has 0 saturated heterocycles. The Kier molecular flexibility index (Phi) is 3.97. The normalized spacial score (nSPS) is 11.5. The summed E-state index contributed by atoms with van der Waals surface area (Å²) < 4.78 is 11.0. The summed E-state index contributed by atoms with van der Waals surface area (Å²) in [5.41, 5.74) is 0.777. The van der Waals surface area contributed by atoms with Gasteiger partial charge in [0.2, 0.25) is 5.76 Å². The monoisotopic (exact) mass is 322 g/mol. The van der Waals surface area contributed by atoms with E-state index in [1.807, 2.05) is 18.2 Å². The van der Waals surface area contributed by atoms with E-state index in [9.17, 15) is 9.59 Å². The molecule has 2 aromatic carbocycles. The summed E-state index contributed by atoms with van der Waals surface area (Å²) in [5.74, 6) is -0.601. The number of hydrogen-bond acceptors (Lipinski definition) is 4. The molecule has 0 amide bonds. The Bertz CT molecular complexity index is 898. The quantitative estimate of drug-likeness (QED) is 0.521. The van der Waals surface area contributed by atoms with Crippen molar-refractivity contribution in [1.29, 1.82) is 0 Å². The second-order valence-corrected chi connectivity index (χ2v) is 6.53. The van der Waals surface area contributed by atoms with Crippen LogP contribution in [0.2, 0.25) is 0 Å². The second kappa shape index (κ2) is 5.96. The number of carbonyl (C=O) groups is 2. The average molecular weight is 322 g/mol. The van der Waals surface area contributed by atoms with Crippen LogP contribution in [-0.4, -0.2) is 17.4 Å². The van der Waals surface area contributed by atoms with Crippen molar-refractivity contribution in [3.05, 3.63) is 71.5 Å². The molecule has 3 aromatic rings. The van der Waals surface area contributed by atoms with E-state index in [1.54, 1.807) is 57.2 Å². The maximum absolute atomic E-state index is 12.7. The van der Waals surface area contributed by atoms with E-state index in [0.29, 0.717) is 22.1 Å². The highest BCUT2D eigenvalue weighted by Gasteiger charge is 2.23. The van der Waals surface area contributed by atoms with E-state index >= 15 is 0 Å². The number of esters is 1. The standard InChI is InChI=1S/C20H18O4/c1-20(2,3)24-19(22)16-12-14-10-7-11-15(18(14)23-16)17(21)13-8-5-4-6-9-13/h4-12H,1-3H3. The lowest BCUT2D eigenvalue weighted by molar-refractivity contribution is 0.00380. The van der Waals surface area contributed by atoms with Crippen molar-refractivity contribution >= 4 is 22.7 Å². The molecule has 0 aliphatic carbocycles. The summed E-state index contributed by atoms with van der Waals surface area (Å²) in [7, 11) is 0. The summed E-state index contributed by atoms with van der Waals surface area (Å²) in [4.78, 5) is 24.9. The largest absolute Gasteiger partial charge is 0.454 e. The third-order valence-corrected chi connectivity index (χ3v) is 3.42. The number of para-hydroxylation sites is 1. The molecule has 0 aliphatic rings. The van der Waals surface area contributed by atoms with Gasteiger partial charge >= 0.3 is 5.97 Å². The minimum Gasteiger partial charge on any atom is -0.454 e. The fourth-order valence-electron chi connectivity index (χ4n) is 2.42. The van der Waals surface area contributed by atoms with Crippen molar-refractivity contribution in [3.63, 3.8) is 0 Å². The Balaban J connectivity index is 2.02. The minimum atomic E-state index is -0.612. The number of hydrogen-bond donors (Lipinski definition) is 0. The summed E-state index contributed by atoms with van der Waals surface area (Å²) in [6, 6.07) is 15.8. The number of fused-ring (bicyclic) bond motifs is 1. The molecule has 4 heteroatoms. The number of benzene rings is 2. The number of ether oxygens (including phenoxy) is 1. The van der Waals surface area contributed by atoms with Gasteiger partial charge in [0.1, 0.15) is 11.2 Å². The van der Waals surface area contributed by atoms with Crippen molar-refractivity contribution in [1.82, 2.24) is 0 Å². The van der Waals surface area contributed by atoms with Gasteiger partial charge in [-0.05, 0) is 32.9 Å². The van der Waals surface area contributed by atoms with Crippen LogP contribution >= 0.6 is 0 Å². The Morgan fingerprint density at radius 1 is 0.958 bits per heavy atom. The summed E-state index contributed by atoms with van der Waals surface area (Å²) in [6.45, 7) is 5.37. The van der Waals surface area contributed by atoms with Crippen molar-refractivity contribution < 1.29 is 18.7 Å². The molecular formula is C20H18O4. The number of ketones is 1. The molecule has 0 spiro atoms. The van der Waals surface area contributed by atoms with Crippen LogP contribution in [0.3, 0.4) is 0 Å². The number of furan rings is 1. The smallest absolute Gasteiger partial charge is 0.374 e. The molecule has 0 aliphatic heterocycles. The molecule has 1 heterocycles. The van der Waals surface area contributed by atoms with E-state index in [-0.39, 0.29) is 11.5 Å². The van der Waals surface area contributed by atoms with Gasteiger partial charge in [-0.15, -0.1) is 0 Å². The molecule has 0 radical (unpaired) electrons. The molecule has 3 rings (SSSR count). The lowest BCUT2D eigenvalue weighted by Crippen LogP contribution is -2.23. The molecule has 0 fully saturated rings. The average Bonchev–Trinajstić information content (AvgIpc) is 2.97. The highest BCUT2D eigenvalue weighted by Crippen LogP contribution is 2.26. The minimum absolute atomic E-state index is 0.0910. The lowest BCUT2D eigenvalue weighted by Gasteiger charge is -2.18. The predicted molar refractivity (Wildman–Crippen MR) is 91.3 cm³/mol. The first kappa shape index (κ1) is 16.0. The maximum Gasteiger partial charge on any atom is 0.374 e. The van der Waals surface area contributed by atoms with E-state index in [4.69, 9.17) is 9.15 Å². The van der Waals surface area contributed by atoms with Crippen LogP contribution in [0.4, 0.5) is 0 Å². The Hall–Kier alpha value is -2.88. The van der Waals surface area contributed by atoms with Gasteiger partial charge in [-0.1, -0.05) is 42.5 Å². The molecule has 0 unspecified atom stereocenters. The second-order valence-electron chi connectivity index (χ2n) is 6.53. The maximum atomic E-state index is 12.7. The Labute approximate surface area is 140 Å². The molecule has 0 N–H and O–H groups in total. The first-order chi connectivity index (χ1) is 11.3. The van der Waals surface area contributed by atoms with Gasteiger partial charge in [0, 0.05) is 10.9 Å². The summed E-state index contributed by atoms with van der Waals surface area (Å²) >= 11 is 0. The SMILES string of the molecule is CC(C)(C)OC(=O)c1cc2cccc(C(=O)c3ccccc3)c2o1. The third kappa shape index (κ3) is 3.23. The fraction of sp³-hybridized carbons (Fsp3) is 0.200. The molecule has 0 bridgehead atoms. The summed E-state index contributed by atoms with van der Waals surface area (Å²) in [6.07, 6.45) is 0. The lowest BCUT2D eigenvalue weighted by atomic mass is 10.0. The Morgan fingerprint density at radius 3 is 2.33 bits per heavy atom. The van der Waals surface area contributed by atoms with Gasteiger partial charge in [-0.3, -0.25) is 4.79 Å². The van der Waals surface area contributed by atoms with E-state index < -0.39 is 11.6 Å². The molecule has 0 saturated carbocycles. The van der Waals surface area contributed by atoms with Gasteiger partial charge in [0.25, 0.3) is 0 Å². The van der Waals surface area contributed by atoms with Crippen molar-refractivity contribution in [2.24, 2.45) is 0 Å². The number of carbonyl (C=O) groups excluding carboxylic acids is 2. The van der Waals surface area contributed by atoms with Gasteiger partial charge in [-0.2, -0.15) is 0 Å². The number of rotatable bonds is 3. The molecule has 0 atom stereocenters. The molecule has 122 valence electrons. The third-order valence-electron chi connectivity index (χ3n) is 3.42. The zero-order valence-electron chi connectivity index (χ0n) is 13.8. The van der Waals surface area contributed by atoms with Gasteiger partial charge in [0.05, 0.1) is 5.56 Å². The van der Waals surface area contributed by atoms with Crippen molar-refractivity contribution in [2.45, 2.75) is 26.4 Å². The topological polar surface area (TPSA) is 56.5 Å². The van der Waals surface area contributed by atoms with Crippen molar-refractivity contribution in [2.75, 3.05) is 0 Å². The first-order valence-corrected chi connectivity index (χ1v) is 7.71. The van der Waals surface area contributed by atoms with Crippen molar-refractivity contribution in [3.8, 4) is 0 Å². The first-order valence-electron chi connectivity index (χ1n) is 7.71. The van der Waals surface area contributed by atoms with Crippen LogP contribution in [-0.2, 0) is 4.74 Å². The fourth-order valence-corrected chi connectivity index (χ4v) is 2.42. The van der Waals surface area contributed by atoms with Crippen LogP contribution in [0.25, 0.3) is 11.0 Å². The van der Waals surface area contributed by atoms with Gasteiger partial charge < -0.3 is 9.15 Å². The van der Waals surface area contributed by atoms with Crippen LogP contribution in [0, 0.1) is 0 Å². The van der Waals surface area contributed by atoms with E-state index in [2.05, 4.69) is 0 Å². The zero-order valence-corrected chi connectivity index (χ0v) is 13.8.